The van der Waals surface area contributed by atoms with Gasteiger partial charge in [-0.1, -0.05) is 31.9 Å². The van der Waals surface area contributed by atoms with Gasteiger partial charge in [-0.3, -0.25) is 0 Å². The van der Waals surface area contributed by atoms with Gasteiger partial charge in [-0.25, -0.2) is 0 Å². The average Bonchev–Trinajstić information content (AvgIpc) is 2.67. The lowest BCUT2D eigenvalue weighted by Gasteiger charge is -2.33. The molecule has 0 spiro atoms. The van der Waals surface area contributed by atoms with E-state index in [9.17, 15) is 0 Å². The highest BCUT2D eigenvalue weighted by atomic mass is 79.9. The monoisotopic (exact) mass is 345 g/mol. The molecule has 1 aliphatic rings. The van der Waals surface area contributed by atoms with E-state index >= 15 is 0 Å². The Morgan fingerprint density at radius 1 is 1.47 bits per heavy atom. The number of halogens is 2. The Bertz CT molecular complexity index is 475. The Balaban J connectivity index is 2.41. The summed E-state index contributed by atoms with van der Waals surface area (Å²) >= 11 is 9.66. The van der Waals surface area contributed by atoms with Gasteiger partial charge in [-0.15, -0.1) is 0 Å². The molecule has 0 heterocycles. The number of ether oxygens (including phenoxy) is 1. The van der Waals surface area contributed by atoms with Gasteiger partial charge in [-0.2, -0.15) is 0 Å². The molecule has 4 heteroatoms. The molecule has 1 aromatic carbocycles. The molecular weight excluding hydrogens is 326 g/mol. The number of nitrogens with two attached hydrogens (primary N) is 1. The SMILES string of the molecule is COc1c(Br)cc(Cl)cc1C(N)C1CCCC1(C)C. The van der Waals surface area contributed by atoms with E-state index in [1.165, 1.54) is 19.3 Å². The minimum Gasteiger partial charge on any atom is -0.495 e. The van der Waals surface area contributed by atoms with Crippen molar-refractivity contribution in [3.63, 3.8) is 0 Å². The Morgan fingerprint density at radius 3 is 2.68 bits per heavy atom. The van der Waals surface area contributed by atoms with Gasteiger partial charge in [0, 0.05) is 16.6 Å². The fraction of sp³-hybridized carbons (Fsp3) is 0.600. The summed E-state index contributed by atoms with van der Waals surface area (Å²) in [5, 5.41) is 0.689. The molecule has 2 unspecified atom stereocenters. The van der Waals surface area contributed by atoms with Crippen LogP contribution < -0.4 is 10.5 Å². The minimum atomic E-state index is -0.0394. The van der Waals surface area contributed by atoms with Gasteiger partial charge < -0.3 is 10.5 Å². The van der Waals surface area contributed by atoms with E-state index in [0.29, 0.717) is 10.9 Å². The molecule has 19 heavy (non-hydrogen) atoms. The molecule has 0 radical (unpaired) electrons. The number of hydrogen-bond donors (Lipinski definition) is 1. The fourth-order valence-corrected chi connectivity index (χ4v) is 4.28. The molecule has 2 atom stereocenters. The highest BCUT2D eigenvalue weighted by molar-refractivity contribution is 9.10. The van der Waals surface area contributed by atoms with Gasteiger partial charge in [0.2, 0.25) is 0 Å². The zero-order valence-corrected chi connectivity index (χ0v) is 14.0. The molecule has 0 aromatic heterocycles. The molecule has 2 rings (SSSR count). The van der Waals surface area contributed by atoms with E-state index in [1.807, 2.05) is 12.1 Å². The quantitative estimate of drug-likeness (QED) is 0.841. The summed E-state index contributed by atoms with van der Waals surface area (Å²) in [6.45, 7) is 4.60. The third-order valence-corrected chi connectivity index (χ3v) is 5.18. The maximum atomic E-state index is 6.53. The van der Waals surface area contributed by atoms with E-state index in [4.69, 9.17) is 22.1 Å². The van der Waals surface area contributed by atoms with Crippen LogP contribution in [0.25, 0.3) is 0 Å². The van der Waals surface area contributed by atoms with Gasteiger partial charge >= 0.3 is 0 Å². The minimum absolute atomic E-state index is 0.0394. The summed E-state index contributed by atoms with van der Waals surface area (Å²) in [4.78, 5) is 0. The van der Waals surface area contributed by atoms with Crippen molar-refractivity contribution in [1.82, 2.24) is 0 Å². The predicted molar refractivity (Wildman–Crippen MR) is 83.8 cm³/mol. The lowest BCUT2D eigenvalue weighted by Crippen LogP contribution is -2.30. The maximum Gasteiger partial charge on any atom is 0.137 e. The first kappa shape index (κ1) is 15.1. The van der Waals surface area contributed by atoms with Crippen molar-refractivity contribution in [1.29, 1.82) is 0 Å². The van der Waals surface area contributed by atoms with Crippen molar-refractivity contribution in [3.8, 4) is 5.75 Å². The molecule has 0 bridgehead atoms. The predicted octanol–water partition coefficient (Wildman–Crippen LogP) is 4.94. The molecule has 0 aliphatic heterocycles. The standard InChI is InChI=1S/C15H21BrClNO/c1-15(2)6-4-5-11(15)13(18)10-7-9(17)8-12(16)14(10)19-3/h7-8,11,13H,4-6,18H2,1-3H3. The van der Waals surface area contributed by atoms with Gasteiger partial charge in [0.15, 0.2) is 0 Å². The molecule has 106 valence electrons. The van der Waals surface area contributed by atoms with E-state index in [1.54, 1.807) is 7.11 Å². The van der Waals surface area contributed by atoms with Crippen LogP contribution in [0.15, 0.2) is 16.6 Å². The largest absolute Gasteiger partial charge is 0.495 e. The second kappa shape index (κ2) is 5.63. The van der Waals surface area contributed by atoms with Crippen molar-refractivity contribution in [2.75, 3.05) is 7.11 Å². The fourth-order valence-electron chi connectivity index (χ4n) is 3.28. The molecule has 1 aromatic rings. The van der Waals surface area contributed by atoms with E-state index in [0.717, 1.165) is 15.8 Å². The smallest absolute Gasteiger partial charge is 0.137 e. The van der Waals surface area contributed by atoms with Crippen LogP contribution in [0.5, 0.6) is 5.75 Å². The molecule has 1 saturated carbocycles. The van der Waals surface area contributed by atoms with Crippen LogP contribution in [0.1, 0.15) is 44.7 Å². The Labute approximate surface area is 128 Å². The molecular formula is C15H21BrClNO. The lowest BCUT2D eigenvalue weighted by molar-refractivity contribution is 0.219. The van der Waals surface area contributed by atoms with Crippen LogP contribution in [-0.2, 0) is 0 Å². The molecule has 0 amide bonds. The lowest BCUT2D eigenvalue weighted by atomic mass is 9.75. The molecule has 1 fully saturated rings. The van der Waals surface area contributed by atoms with Crippen LogP contribution in [-0.4, -0.2) is 7.11 Å². The van der Waals surface area contributed by atoms with Crippen molar-refractivity contribution < 1.29 is 4.74 Å². The first-order valence-electron chi connectivity index (χ1n) is 6.65. The number of rotatable bonds is 3. The summed E-state index contributed by atoms with van der Waals surface area (Å²) in [7, 11) is 1.67. The van der Waals surface area contributed by atoms with Gasteiger partial charge in [0.05, 0.1) is 11.6 Å². The van der Waals surface area contributed by atoms with Crippen molar-refractivity contribution in [2.24, 2.45) is 17.1 Å². The van der Waals surface area contributed by atoms with Crippen molar-refractivity contribution in [3.05, 3.63) is 27.2 Å². The summed E-state index contributed by atoms with van der Waals surface area (Å²) in [6, 6.07) is 3.74. The first-order chi connectivity index (χ1) is 8.86. The van der Waals surface area contributed by atoms with Crippen molar-refractivity contribution >= 4 is 27.5 Å². The number of benzene rings is 1. The highest BCUT2D eigenvalue weighted by Crippen LogP contribution is 2.50. The summed E-state index contributed by atoms with van der Waals surface area (Å²) < 4.78 is 6.36. The second-order valence-corrected chi connectivity index (χ2v) is 7.31. The van der Waals surface area contributed by atoms with Crippen LogP contribution in [0.4, 0.5) is 0 Å². The maximum absolute atomic E-state index is 6.53. The van der Waals surface area contributed by atoms with Gasteiger partial charge in [0.25, 0.3) is 0 Å². The third kappa shape index (κ3) is 2.93. The van der Waals surface area contributed by atoms with Gasteiger partial charge in [0.1, 0.15) is 5.75 Å². The van der Waals surface area contributed by atoms with E-state index < -0.39 is 0 Å². The summed E-state index contributed by atoms with van der Waals surface area (Å²) in [6.07, 6.45) is 3.65. The van der Waals surface area contributed by atoms with Gasteiger partial charge in [-0.05, 0) is 52.2 Å². The van der Waals surface area contributed by atoms with Crippen LogP contribution in [0.3, 0.4) is 0 Å². The molecule has 1 aliphatic carbocycles. The Morgan fingerprint density at radius 2 is 2.16 bits per heavy atom. The number of hydrogen-bond acceptors (Lipinski definition) is 2. The highest BCUT2D eigenvalue weighted by Gasteiger charge is 2.39. The molecule has 2 N–H and O–H groups in total. The second-order valence-electron chi connectivity index (χ2n) is 6.02. The Kier molecular flexibility index (Phi) is 4.49. The van der Waals surface area contributed by atoms with E-state index in [-0.39, 0.29) is 11.5 Å². The first-order valence-corrected chi connectivity index (χ1v) is 7.82. The molecule has 2 nitrogen and oxygen atoms in total. The third-order valence-electron chi connectivity index (χ3n) is 4.37. The summed E-state index contributed by atoms with van der Waals surface area (Å²) in [5.41, 5.74) is 7.81. The van der Waals surface area contributed by atoms with Crippen LogP contribution in [0, 0.1) is 11.3 Å². The number of methoxy groups -OCH3 is 1. The zero-order valence-electron chi connectivity index (χ0n) is 11.7. The molecule has 0 saturated heterocycles. The zero-order chi connectivity index (χ0) is 14.2. The van der Waals surface area contributed by atoms with Crippen molar-refractivity contribution in [2.45, 2.75) is 39.2 Å². The topological polar surface area (TPSA) is 35.2 Å². The van der Waals surface area contributed by atoms with E-state index in [2.05, 4.69) is 29.8 Å². The normalized spacial score (nSPS) is 23.4. The summed E-state index contributed by atoms with van der Waals surface area (Å²) in [5.74, 6) is 1.27. The Hall–Kier alpha value is -0.250. The van der Waals surface area contributed by atoms with Crippen LogP contribution in [0.2, 0.25) is 5.02 Å². The average molecular weight is 347 g/mol. The van der Waals surface area contributed by atoms with Crippen LogP contribution >= 0.6 is 27.5 Å².